The summed E-state index contributed by atoms with van der Waals surface area (Å²) in [5, 5.41) is 6.24. The minimum atomic E-state index is -0.0580. The summed E-state index contributed by atoms with van der Waals surface area (Å²) in [5.41, 5.74) is 0.562. The van der Waals surface area contributed by atoms with Gasteiger partial charge < -0.3 is 9.84 Å². The zero-order valence-electron chi connectivity index (χ0n) is 11.0. The number of nitrogens with one attached hydrogen (secondary N) is 1. The number of hydrogen-bond donors (Lipinski definition) is 1. The zero-order valence-corrected chi connectivity index (χ0v) is 11.0. The molecule has 4 heteroatoms. The average Bonchev–Trinajstić information content (AvgIpc) is 2.71. The number of nitrogens with zero attached hydrogens (tertiary/aromatic N) is 1. The van der Waals surface area contributed by atoms with Crippen LogP contribution in [-0.4, -0.2) is 11.1 Å². The molecule has 1 N–H and O–H groups in total. The summed E-state index contributed by atoms with van der Waals surface area (Å²) in [6.07, 6.45) is 2.89. The predicted octanol–water partition coefficient (Wildman–Crippen LogP) is 3.32. The van der Waals surface area contributed by atoms with Gasteiger partial charge in [-0.2, -0.15) is 0 Å². The molecule has 1 rings (SSSR count). The largest absolute Gasteiger partial charge is 0.363 e. The van der Waals surface area contributed by atoms with Crippen molar-refractivity contribution in [3.05, 3.63) is 12.5 Å². The quantitative estimate of drug-likeness (QED) is 0.841. The summed E-state index contributed by atoms with van der Waals surface area (Å²) in [5.74, 6) is -0.0712. The third kappa shape index (κ3) is 4.47. The number of amides is 1. The monoisotopic (exact) mass is 226 g/mol. The van der Waals surface area contributed by atoms with Gasteiger partial charge in [-0.25, -0.2) is 0 Å². The lowest BCUT2D eigenvalue weighted by molar-refractivity contribution is -0.122. The van der Waals surface area contributed by atoms with E-state index < -0.39 is 0 Å². The Morgan fingerprint density at radius 3 is 2.38 bits per heavy atom. The van der Waals surface area contributed by atoms with Crippen molar-refractivity contribution in [3.63, 3.8) is 0 Å². The maximum atomic E-state index is 11.7. The fourth-order valence-corrected chi connectivity index (χ4v) is 0.910. The molecule has 1 amide bonds. The van der Waals surface area contributed by atoms with Crippen LogP contribution in [0.5, 0.6) is 0 Å². The summed E-state index contributed by atoms with van der Waals surface area (Å²) >= 11 is 0. The van der Waals surface area contributed by atoms with Gasteiger partial charge in [-0.15, -0.1) is 0 Å². The fourth-order valence-electron chi connectivity index (χ4n) is 0.910. The van der Waals surface area contributed by atoms with Gasteiger partial charge in [0.2, 0.25) is 5.91 Å². The summed E-state index contributed by atoms with van der Waals surface area (Å²) in [7, 11) is 0. The van der Waals surface area contributed by atoms with E-state index in [0.29, 0.717) is 5.69 Å². The van der Waals surface area contributed by atoms with Crippen molar-refractivity contribution in [2.24, 2.45) is 11.3 Å². The van der Waals surface area contributed by atoms with Gasteiger partial charge in [-0.05, 0) is 5.41 Å². The minimum absolute atomic E-state index is 0.0132. The first-order valence-corrected chi connectivity index (χ1v) is 5.61. The molecule has 0 radical (unpaired) electrons. The molecule has 4 nitrogen and oxygen atoms in total. The van der Waals surface area contributed by atoms with Gasteiger partial charge in [0, 0.05) is 5.92 Å². The molecule has 1 atom stereocenters. The van der Waals surface area contributed by atoms with Gasteiger partial charge in [0.15, 0.2) is 0 Å². The molecule has 0 fully saturated rings. The van der Waals surface area contributed by atoms with Gasteiger partial charge in [0.1, 0.15) is 12.0 Å². The van der Waals surface area contributed by atoms with Crippen LogP contribution < -0.4 is 5.32 Å². The van der Waals surface area contributed by atoms with E-state index in [1.165, 1.54) is 12.5 Å². The molecule has 0 spiro atoms. The summed E-state index contributed by atoms with van der Waals surface area (Å²) in [6.45, 7) is 12.0. The summed E-state index contributed by atoms with van der Waals surface area (Å²) < 4.78 is 4.62. The molecule has 0 aliphatic heterocycles. The molecule has 0 saturated heterocycles. The molecule has 1 aromatic heterocycles. The van der Waals surface area contributed by atoms with E-state index in [1.54, 1.807) is 0 Å². The maximum Gasteiger partial charge on any atom is 0.227 e. The second-order valence-electron chi connectivity index (χ2n) is 4.49. The highest BCUT2D eigenvalue weighted by molar-refractivity contribution is 5.92. The van der Waals surface area contributed by atoms with Crippen molar-refractivity contribution in [3.8, 4) is 0 Å². The Bertz CT molecular complexity index is 299. The van der Waals surface area contributed by atoms with Crippen molar-refractivity contribution in [1.82, 2.24) is 5.16 Å². The predicted molar refractivity (Wildman–Crippen MR) is 65.1 cm³/mol. The normalized spacial score (nSPS) is 12.4. The van der Waals surface area contributed by atoms with Crippen LogP contribution in [0, 0.1) is 11.3 Å². The highest BCUT2D eigenvalue weighted by atomic mass is 16.5. The Hall–Kier alpha value is -1.32. The van der Waals surface area contributed by atoms with Crippen molar-refractivity contribution in [2.75, 3.05) is 5.32 Å². The Labute approximate surface area is 97.4 Å². The molecular formula is C12H22N2O2. The number of rotatable bonds is 2. The van der Waals surface area contributed by atoms with Crippen molar-refractivity contribution < 1.29 is 9.32 Å². The first-order valence-electron chi connectivity index (χ1n) is 5.61. The number of carbonyl (C=O) groups is 1. The third-order valence-corrected chi connectivity index (χ3v) is 2.39. The van der Waals surface area contributed by atoms with Crippen LogP contribution in [0.3, 0.4) is 0 Å². The van der Waals surface area contributed by atoms with Gasteiger partial charge in [-0.1, -0.05) is 46.7 Å². The first-order chi connectivity index (χ1) is 7.41. The Balaban J connectivity index is 0.00000106. The van der Waals surface area contributed by atoms with E-state index in [9.17, 15) is 4.79 Å². The molecule has 1 aromatic rings. The molecule has 92 valence electrons. The molecule has 0 bridgehead atoms. The van der Waals surface area contributed by atoms with Crippen LogP contribution in [0.15, 0.2) is 17.0 Å². The Morgan fingerprint density at radius 1 is 1.44 bits per heavy atom. The van der Waals surface area contributed by atoms with E-state index in [-0.39, 0.29) is 17.2 Å². The first kappa shape index (κ1) is 14.7. The smallest absolute Gasteiger partial charge is 0.227 e. The van der Waals surface area contributed by atoms with Crippen molar-refractivity contribution in [2.45, 2.75) is 41.5 Å². The van der Waals surface area contributed by atoms with Crippen LogP contribution in [0.2, 0.25) is 0 Å². The van der Waals surface area contributed by atoms with E-state index >= 15 is 0 Å². The van der Waals surface area contributed by atoms with Gasteiger partial charge in [0.05, 0.1) is 6.20 Å². The minimum Gasteiger partial charge on any atom is -0.363 e. The number of anilines is 1. The van der Waals surface area contributed by atoms with Crippen molar-refractivity contribution in [1.29, 1.82) is 0 Å². The van der Waals surface area contributed by atoms with Gasteiger partial charge in [-0.3, -0.25) is 4.79 Å². The lowest BCUT2D eigenvalue weighted by Gasteiger charge is -2.25. The highest BCUT2D eigenvalue weighted by Crippen LogP contribution is 2.26. The number of aromatic nitrogens is 1. The van der Waals surface area contributed by atoms with Crippen LogP contribution in [0.25, 0.3) is 0 Å². The topological polar surface area (TPSA) is 55.1 Å². The molecular weight excluding hydrogens is 204 g/mol. The van der Waals surface area contributed by atoms with Crippen LogP contribution in [-0.2, 0) is 4.79 Å². The second kappa shape index (κ2) is 6.30. The summed E-state index contributed by atoms with van der Waals surface area (Å²) in [6, 6.07) is 0. The number of hydrogen-bond acceptors (Lipinski definition) is 3. The lowest BCUT2D eigenvalue weighted by atomic mass is 9.81. The van der Waals surface area contributed by atoms with Gasteiger partial charge in [0.25, 0.3) is 0 Å². The number of carbonyl (C=O) groups excluding carboxylic acids is 1. The van der Waals surface area contributed by atoms with Crippen LogP contribution in [0.4, 0.5) is 5.69 Å². The molecule has 0 aliphatic rings. The molecule has 0 aliphatic carbocycles. The third-order valence-electron chi connectivity index (χ3n) is 2.39. The zero-order chi connectivity index (χ0) is 12.8. The van der Waals surface area contributed by atoms with E-state index in [1.807, 2.05) is 41.5 Å². The van der Waals surface area contributed by atoms with Crippen LogP contribution in [0.1, 0.15) is 41.5 Å². The Morgan fingerprint density at radius 2 is 2.00 bits per heavy atom. The lowest BCUT2D eigenvalue weighted by Crippen LogP contribution is -2.30. The average molecular weight is 226 g/mol. The van der Waals surface area contributed by atoms with Gasteiger partial charge >= 0.3 is 0 Å². The van der Waals surface area contributed by atoms with Crippen molar-refractivity contribution >= 4 is 11.6 Å². The Kier molecular flexibility index (Phi) is 5.78. The van der Waals surface area contributed by atoms with E-state index in [0.717, 1.165) is 0 Å². The summed E-state index contributed by atoms with van der Waals surface area (Å²) in [4.78, 5) is 11.7. The maximum absolute atomic E-state index is 11.7. The standard InChI is InChI=1S/C10H16N2O2.C2H6/c1-7(10(2,3)4)9(13)12-8-5-11-14-6-8;1-2/h5-7H,1-4H3,(H,12,13);1-2H3. The van der Waals surface area contributed by atoms with E-state index in [4.69, 9.17) is 0 Å². The second-order valence-corrected chi connectivity index (χ2v) is 4.49. The SMILES string of the molecule is CC.CC(C(=O)Nc1cnoc1)C(C)(C)C. The van der Waals surface area contributed by atoms with Crippen LogP contribution >= 0.6 is 0 Å². The molecule has 16 heavy (non-hydrogen) atoms. The molecule has 1 unspecified atom stereocenters. The fraction of sp³-hybridized carbons (Fsp3) is 0.667. The molecule has 0 aromatic carbocycles. The van der Waals surface area contributed by atoms with E-state index in [2.05, 4.69) is 15.0 Å². The molecule has 0 saturated carbocycles. The molecule has 1 heterocycles. The highest BCUT2D eigenvalue weighted by Gasteiger charge is 2.26.